The molecule has 7 nitrogen and oxygen atoms in total. The number of aliphatic carboxylic acids is 1. The highest BCUT2D eigenvalue weighted by atomic mass is 32.2. The molecule has 1 heterocycles. The van der Waals surface area contributed by atoms with E-state index >= 15 is 0 Å². The average Bonchev–Trinajstić information content (AvgIpc) is 2.75. The van der Waals surface area contributed by atoms with E-state index in [2.05, 4.69) is 5.32 Å². The van der Waals surface area contributed by atoms with Crippen molar-refractivity contribution in [2.24, 2.45) is 0 Å². The summed E-state index contributed by atoms with van der Waals surface area (Å²) in [5, 5.41) is 48.0. The lowest BCUT2D eigenvalue weighted by Gasteiger charge is -2.23. The molecule has 0 saturated carbocycles. The summed E-state index contributed by atoms with van der Waals surface area (Å²) in [6, 6.07) is -0.655. The van der Waals surface area contributed by atoms with Crippen LogP contribution in [0.5, 0.6) is 0 Å². The summed E-state index contributed by atoms with van der Waals surface area (Å²) in [6.45, 7) is -0.638. The van der Waals surface area contributed by atoms with Crippen LogP contribution in [0.15, 0.2) is 0 Å². The molecule has 5 atom stereocenters. The van der Waals surface area contributed by atoms with Gasteiger partial charge in [0.2, 0.25) is 0 Å². The van der Waals surface area contributed by atoms with Crippen LogP contribution in [0.3, 0.4) is 0 Å². The summed E-state index contributed by atoms with van der Waals surface area (Å²) < 4.78 is 0. The van der Waals surface area contributed by atoms with Gasteiger partial charge in [-0.3, -0.25) is 10.1 Å². The van der Waals surface area contributed by atoms with Gasteiger partial charge in [0.25, 0.3) is 0 Å². The molecule has 1 rings (SSSR count). The summed E-state index contributed by atoms with van der Waals surface area (Å²) in [5.41, 5.74) is 0. The summed E-state index contributed by atoms with van der Waals surface area (Å²) in [6.07, 6.45) is -3.94. The van der Waals surface area contributed by atoms with Gasteiger partial charge in [0, 0.05) is 12.2 Å². The van der Waals surface area contributed by atoms with Crippen LogP contribution in [0.4, 0.5) is 0 Å². The maximum Gasteiger partial charge on any atom is 0.321 e. The molecule has 0 aromatic heterocycles. The van der Waals surface area contributed by atoms with Crippen LogP contribution in [0.25, 0.3) is 0 Å². The average molecular weight is 267 g/mol. The van der Waals surface area contributed by atoms with Gasteiger partial charge in [0.15, 0.2) is 0 Å². The van der Waals surface area contributed by atoms with Crippen LogP contribution < -0.4 is 5.32 Å². The minimum atomic E-state index is -1.44. The Morgan fingerprint density at radius 3 is 2.47 bits per heavy atom. The first-order valence-corrected chi connectivity index (χ1v) is 6.26. The largest absolute Gasteiger partial charge is 0.480 e. The number of hydrogen-bond acceptors (Lipinski definition) is 7. The highest BCUT2D eigenvalue weighted by molar-refractivity contribution is 8.00. The van der Waals surface area contributed by atoms with Crippen molar-refractivity contribution in [3.63, 3.8) is 0 Å². The maximum absolute atomic E-state index is 10.7. The standard InChI is InChI=1S/C9H17NO6S/c11-2-6(13)8(14)5(12)1-7-10-4(3-17-7)9(15)16/h4-8,10-14H,1-3H2,(H,15,16)/t4-,5?,6?,7?,8?/m0/s1. The molecule has 6 N–H and O–H groups in total. The molecule has 0 bridgehead atoms. The number of aliphatic hydroxyl groups excluding tert-OH is 4. The first-order valence-electron chi connectivity index (χ1n) is 5.21. The second-order valence-corrected chi connectivity index (χ2v) is 5.16. The zero-order valence-electron chi connectivity index (χ0n) is 9.06. The topological polar surface area (TPSA) is 130 Å². The van der Waals surface area contributed by atoms with Crippen molar-refractivity contribution >= 4 is 17.7 Å². The van der Waals surface area contributed by atoms with E-state index in [0.29, 0.717) is 5.75 Å². The summed E-state index contributed by atoms with van der Waals surface area (Å²) >= 11 is 1.34. The summed E-state index contributed by atoms with van der Waals surface area (Å²) in [5.74, 6) is -0.559. The van der Waals surface area contributed by atoms with Crippen molar-refractivity contribution in [3.05, 3.63) is 0 Å². The highest BCUT2D eigenvalue weighted by Gasteiger charge is 2.33. The molecule has 0 aliphatic carbocycles. The van der Waals surface area contributed by atoms with E-state index in [4.69, 9.17) is 15.3 Å². The third-order valence-electron chi connectivity index (χ3n) is 2.58. The Kier molecular flexibility index (Phi) is 5.63. The molecule has 0 radical (unpaired) electrons. The molecule has 0 aromatic rings. The van der Waals surface area contributed by atoms with Gasteiger partial charge >= 0.3 is 5.97 Å². The Hall–Kier alpha value is -0.380. The molecule has 1 fully saturated rings. The molecule has 1 saturated heterocycles. The smallest absolute Gasteiger partial charge is 0.321 e. The second-order valence-electron chi connectivity index (χ2n) is 3.92. The van der Waals surface area contributed by atoms with Gasteiger partial charge < -0.3 is 25.5 Å². The fourth-order valence-electron chi connectivity index (χ4n) is 1.53. The maximum atomic E-state index is 10.7. The number of thioether (sulfide) groups is 1. The molecule has 4 unspecified atom stereocenters. The second kappa shape index (κ2) is 6.53. The lowest BCUT2D eigenvalue weighted by molar-refractivity contribution is -0.138. The van der Waals surface area contributed by atoms with Gasteiger partial charge in [0.1, 0.15) is 18.2 Å². The predicted octanol–water partition coefficient (Wildman–Crippen LogP) is -2.43. The zero-order chi connectivity index (χ0) is 13.0. The lowest BCUT2D eigenvalue weighted by Crippen LogP contribution is -2.43. The molecule has 100 valence electrons. The van der Waals surface area contributed by atoms with Gasteiger partial charge in [-0.15, -0.1) is 11.8 Å². The van der Waals surface area contributed by atoms with Crippen LogP contribution in [0, 0.1) is 0 Å². The quantitative estimate of drug-likeness (QED) is 0.313. The number of carbonyl (C=O) groups is 1. The van der Waals surface area contributed by atoms with E-state index in [1.807, 2.05) is 0 Å². The number of carboxylic acids is 1. The molecule has 8 heteroatoms. The van der Waals surface area contributed by atoms with Gasteiger partial charge in [-0.2, -0.15) is 0 Å². The van der Waals surface area contributed by atoms with Gasteiger partial charge in [-0.1, -0.05) is 0 Å². The molecule has 17 heavy (non-hydrogen) atoms. The monoisotopic (exact) mass is 267 g/mol. The minimum absolute atomic E-state index is 0.104. The third kappa shape index (κ3) is 4.09. The van der Waals surface area contributed by atoms with E-state index in [1.165, 1.54) is 11.8 Å². The lowest BCUT2D eigenvalue weighted by atomic mass is 10.1. The highest BCUT2D eigenvalue weighted by Crippen LogP contribution is 2.23. The van der Waals surface area contributed by atoms with Crippen molar-refractivity contribution in [2.75, 3.05) is 12.4 Å². The van der Waals surface area contributed by atoms with E-state index < -0.39 is 36.9 Å². The molecular formula is C9H17NO6S. The zero-order valence-corrected chi connectivity index (χ0v) is 9.88. The molecule has 1 aliphatic heterocycles. The normalized spacial score (nSPS) is 29.9. The van der Waals surface area contributed by atoms with E-state index in [0.717, 1.165) is 0 Å². The van der Waals surface area contributed by atoms with Crippen LogP contribution in [-0.2, 0) is 4.79 Å². The Labute approximate surface area is 102 Å². The van der Waals surface area contributed by atoms with Crippen molar-refractivity contribution < 1.29 is 30.3 Å². The fraction of sp³-hybridized carbons (Fsp3) is 0.889. The van der Waals surface area contributed by atoms with Crippen LogP contribution >= 0.6 is 11.8 Å². The molecule has 0 aromatic carbocycles. The SMILES string of the molecule is O=C(O)[C@@H]1CSC(CC(O)C(O)C(O)CO)N1. The third-order valence-corrected chi connectivity index (χ3v) is 3.84. The Bertz CT molecular complexity index is 266. The predicted molar refractivity (Wildman–Crippen MR) is 60.5 cm³/mol. The minimum Gasteiger partial charge on any atom is -0.480 e. The van der Waals surface area contributed by atoms with Crippen molar-refractivity contribution in [1.29, 1.82) is 0 Å². The molecule has 0 spiro atoms. The first kappa shape index (κ1) is 14.7. The van der Waals surface area contributed by atoms with E-state index in [9.17, 15) is 15.0 Å². The Morgan fingerprint density at radius 2 is 2.00 bits per heavy atom. The van der Waals surface area contributed by atoms with Crippen LogP contribution in [-0.4, -0.2) is 73.6 Å². The Morgan fingerprint density at radius 1 is 1.35 bits per heavy atom. The number of rotatable bonds is 6. The number of hydrogen-bond donors (Lipinski definition) is 6. The van der Waals surface area contributed by atoms with Gasteiger partial charge in [0.05, 0.1) is 18.1 Å². The van der Waals surface area contributed by atoms with Crippen LogP contribution in [0.2, 0.25) is 0 Å². The molecule has 1 aliphatic rings. The first-order chi connectivity index (χ1) is 7.95. The summed E-state index contributed by atoms with van der Waals surface area (Å²) in [7, 11) is 0. The van der Waals surface area contributed by atoms with Gasteiger partial charge in [-0.05, 0) is 0 Å². The number of carboxylic acid groups (broad SMARTS) is 1. The van der Waals surface area contributed by atoms with Crippen molar-refractivity contribution in [2.45, 2.75) is 36.1 Å². The molecular weight excluding hydrogens is 250 g/mol. The number of aliphatic hydroxyl groups is 4. The van der Waals surface area contributed by atoms with Crippen molar-refractivity contribution in [3.8, 4) is 0 Å². The van der Waals surface area contributed by atoms with Crippen molar-refractivity contribution in [1.82, 2.24) is 5.32 Å². The molecule has 0 amide bonds. The van der Waals surface area contributed by atoms with E-state index in [-0.39, 0.29) is 11.8 Å². The van der Waals surface area contributed by atoms with E-state index in [1.54, 1.807) is 0 Å². The number of nitrogens with one attached hydrogen (secondary N) is 1. The summed E-state index contributed by atoms with van der Waals surface area (Å²) in [4.78, 5) is 10.7. The fourth-order valence-corrected chi connectivity index (χ4v) is 2.79. The Balaban J connectivity index is 2.37. The van der Waals surface area contributed by atoms with Crippen LogP contribution in [0.1, 0.15) is 6.42 Å². The van der Waals surface area contributed by atoms with Gasteiger partial charge in [-0.25, -0.2) is 0 Å².